The Morgan fingerprint density at radius 2 is 1.89 bits per heavy atom. The summed E-state index contributed by atoms with van der Waals surface area (Å²) in [6, 6.07) is 12.8. The number of aliphatic carboxylic acids is 1. The number of amides is 1. The first kappa shape index (κ1) is 24.9. The van der Waals surface area contributed by atoms with Gasteiger partial charge in [0, 0.05) is 16.5 Å². The molecule has 4 aromatic rings. The Labute approximate surface area is 209 Å². The molecule has 0 aliphatic carbocycles. The van der Waals surface area contributed by atoms with Crippen LogP contribution in [0.2, 0.25) is 0 Å². The van der Waals surface area contributed by atoms with Crippen LogP contribution in [-0.2, 0) is 28.4 Å². The zero-order valence-corrected chi connectivity index (χ0v) is 19.8. The van der Waals surface area contributed by atoms with E-state index in [1.807, 2.05) is 0 Å². The van der Waals surface area contributed by atoms with Crippen molar-refractivity contribution in [3.63, 3.8) is 0 Å². The van der Waals surface area contributed by atoms with Crippen LogP contribution in [0.4, 0.5) is 5.69 Å². The number of carboxylic acids is 1. The highest BCUT2D eigenvalue weighted by atomic mass is 32.2. The van der Waals surface area contributed by atoms with E-state index in [1.165, 1.54) is 17.8 Å². The van der Waals surface area contributed by atoms with Gasteiger partial charge in [-0.05, 0) is 34.2 Å². The van der Waals surface area contributed by atoms with E-state index in [-0.39, 0.29) is 33.7 Å². The summed E-state index contributed by atoms with van der Waals surface area (Å²) in [6.45, 7) is -0.397. The molecule has 0 aliphatic rings. The van der Waals surface area contributed by atoms with Crippen LogP contribution in [0.15, 0.2) is 53.7 Å². The maximum atomic E-state index is 11.9. The third-order valence-electron chi connectivity index (χ3n) is 4.86. The highest BCUT2D eigenvalue weighted by Crippen LogP contribution is 2.40. The van der Waals surface area contributed by atoms with Crippen molar-refractivity contribution in [2.24, 2.45) is 5.73 Å². The van der Waals surface area contributed by atoms with Crippen molar-refractivity contribution in [2.45, 2.75) is 17.5 Å². The highest BCUT2D eigenvalue weighted by molar-refractivity contribution is 7.98. The molecule has 1 heterocycles. The van der Waals surface area contributed by atoms with E-state index in [2.05, 4.69) is 20.2 Å². The van der Waals surface area contributed by atoms with Gasteiger partial charge in [0.1, 0.15) is 18.0 Å². The number of aromatic nitrogens is 4. The molecule has 186 valence electrons. The number of hydrogen-bond acceptors (Lipinski definition) is 9. The number of anilines is 1. The Morgan fingerprint density at radius 1 is 1.14 bits per heavy atom. The molecule has 1 aromatic heterocycles. The number of carbonyl (C=O) groups is 2. The number of phenols is 1. The number of ether oxygens (including phenoxy) is 1. The van der Waals surface area contributed by atoms with Crippen molar-refractivity contribution in [1.29, 1.82) is 0 Å². The second-order valence-electron chi connectivity index (χ2n) is 7.27. The zero-order valence-electron chi connectivity index (χ0n) is 18.2. The van der Waals surface area contributed by atoms with Crippen LogP contribution in [0, 0.1) is 0 Å². The van der Waals surface area contributed by atoms with Gasteiger partial charge in [0.2, 0.25) is 5.16 Å². The van der Waals surface area contributed by atoms with Gasteiger partial charge in [0.25, 0.3) is 17.2 Å². The first-order valence-electron chi connectivity index (χ1n) is 10.1. The summed E-state index contributed by atoms with van der Waals surface area (Å²) in [5.41, 5.74) is 6.10. The minimum atomic E-state index is -2.43. The fourth-order valence-electron chi connectivity index (χ4n) is 3.32. The molecule has 15 heteroatoms. The summed E-state index contributed by atoms with van der Waals surface area (Å²) in [7, 11) is 0. The summed E-state index contributed by atoms with van der Waals surface area (Å²) in [5.74, 6) is -1.56. The van der Waals surface area contributed by atoms with Gasteiger partial charge in [-0.3, -0.25) is 18.9 Å². The van der Waals surface area contributed by atoms with Gasteiger partial charge in [-0.1, -0.05) is 42.1 Å². The van der Waals surface area contributed by atoms with E-state index in [0.717, 1.165) is 4.68 Å². The van der Waals surface area contributed by atoms with Gasteiger partial charge in [-0.2, -0.15) is 0 Å². The molecule has 1 unspecified atom stereocenters. The molecule has 0 bridgehead atoms. The van der Waals surface area contributed by atoms with E-state index in [0.29, 0.717) is 22.1 Å². The predicted octanol–water partition coefficient (Wildman–Crippen LogP) is 2.35. The minimum Gasteiger partial charge on any atom is -0.506 e. The molecule has 0 fully saturated rings. The molecule has 1 atom stereocenters. The van der Waals surface area contributed by atoms with Crippen LogP contribution < -0.4 is 15.2 Å². The Kier molecular flexibility index (Phi) is 7.33. The Morgan fingerprint density at radius 3 is 2.58 bits per heavy atom. The van der Waals surface area contributed by atoms with E-state index < -0.39 is 29.7 Å². The smallest absolute Gasteiger partial charge is 0.325 e. The number of benzene rings is 3. The lowest BCUT2D eigenvalue weighted by atomic mass is 10.0. The number of fused-ring (bicyclic) bond motifs is 1. The van der Waals surface area contributed by atoms with Gasteiger partial charge < -0.3 is 20.7 Å². The van der Waals surface area contributed by atoms with Crippen LogP contribution in [-0.4, -0.2) is 51.1 Å². The number of nitrogens with one attached hydrogen (secondary N) is 1. The standard InChI is InChI=1S/C21H18N6O7S2/c22-20(31)14-8-17(12-3-1-2-4-13(12)19(14)30)34-16-6-5-11(7-15(16)24-36(32)33)10-35-21-23-25-26-27(21)9-18(28)29/h1-8,24,30H,9-10H2,(H2,22,31)(H,28,29)(H,32,33). The maximum Gasteiger partial charge on any atom is 0.325 e. The highest BCUT2D eigenvalue weighted by Gasteiger charge is 2.18. The summed E-state index contributed by atoms with van der Waals surface area (Å²) in [5, 5.41) is 31.4. The Balaban J connectivity index is 1.66. The lowest BCUT2D eigenvalue weighted by Gasteiger charge is -2.16. The lowest BCUT2D eigenvalue weighted by molar-refractivity contribution is -0.138. The summed E-state index contributed by atoms with van der Waals surface area (Å²) >= 11 is -1.26. The molecule has 3 aromatic carbocycles. The summed E-state index contributed by atoms with van der Waals surface area (Å²) < 4.78 is 30.5. The normalized spacial score (nSPS) is 11.8. The second kappa shape index (κ2) is 10.6. The molecule has 36 heavy (non-hydrogen) atoms. The second-order valence-corrected chi connectivity index (χ2v) is 8.91. The average molecular weight is 531 g/mol. The van der Waals surface area contributed by atoms with Crippen LogP contribution in [0.5, 0.6) is 17.2 Å². The van der Waals surface area contributed by atoms with E-state index in [4.69, 9.17) is 15.6 Å². The van der Waals surface area contributed by atoms with Gasteiger partial charge in [0.05, 0.1) is 11.3 Å². The largest absolute Gasteiger partial charge is 0.506 e. The van der Waals surface area contributed by atoms with Crippen LogP contribution in [0.3, 0.4) is 0 Å². The molecule has 0 aliphatic heterocycles. The number of aromatic hydroxyl groups is 1. The molecular weight excluding hydrogens is 512 g/mol. The molecular formula is C21H18N6O7S2. The third kappa shape index (κ3) is 5.54. The van der Waals surface area contributed by atoms with E-state index in [1.54, 1.807) is 42.5 Å². The molecule has 0 saturated heterocycles. The van der Waals surface area contributed by atoms with Gasteiger partial charge >= 0.3 is 5.97 Å². The summed E-state index contributed by atoms with van der Waals surface area (Å²) in [4.78, 5) is 22.8. The molecule has 6 N–H and O–H groups in total. The maximum absolute atomic E-state index is 11.9. The van der Waals surface area contributed by atoms with Crippen molar-refractivity contribution in [1.82, 2.24) is 20.2 Å². The fraction of sp³-hybridized carbons (Fsp3) is 0.0952. The Bertz CT molecular complexity index is 1490. The molecule has 4 rings (SSSR count). The SMILES string of the molecule is NC(=O)c1cc(Oc2ccc(CSc3nnnn3CC(=O)O)cc2NS(=O)O)c2ccccc2c1O. The van der Waals surface area contributed by atoms with Crippen molar-refractivity contribution < 1.29 is 33.3 Å². The number of thioether (sulfide) groups is 1. The first-order chi connectivity index (χ1) is 17.2. The quantitative estimate of drug-likeness (QED) is 0.149. The number of nitrogens with zero attached hydrogens (tertiary/aromatic N) is 4. The zero-order chi connectivity index (χ0) is 25.8. The topological polar surface area (TPSA) is 203 Å². The minimum absolute atomic E-state index is 0.143. The fourth-order valence-corrected chi connectivity index (χ4v) is 4.49. The number of tetrazole rings is 1. The lowest BCUT2D eigenvalue weighted by Crippen LogP contribution is -2.11. The average Bonchev–Trinajstić information content (AvgIpc) is 3.26. The van der Waals surface area contributed by atoms with Gasteiger partial charge in [0.15, 0.2) is 5.75 Å². The monoisotopic (exact) mass is 530 g/mol. The molecule has 0 radical (unpaired) electrons. The number of nitrogens with two attached hydrogens (primary N) is 1. The number of carboxylic acid groups (broad SMARTS) is 1. The van der Waals surface area contributed by atoms with Crippen LogP contribution in [0.1, 0.15) is 15.9 Å². The van der Waals surface area contributed by atoms with Crippen LogP contribution >= 0.6 is 11.8 Å². The number of hydrogen-bond donors (Lipinski definition) is 5. The summed E-state index contributed by atoms with van der Waals surface area (Å²) in [6.07, 6.45) is 0. The molecule has 0 saturated carbocycles. The van der Waals surface area contributed by atoms with Crippen LogP contribution in [0.25, 0.3) is 10.8 Å². The van der Waals surface area contributed by atoms with Crippen molar-refractivity contribution in [3.05, 3.63) is 59.7 Å². The van der Waals surface area contributed by atoms with Crippen molar-refractivity contribution in [2.75, 3.05) is 4.72 Å². The molecule has 1 amide bonds. The molecule has 13 nitrogen and oxygen atoms in total. The third-order valence-corrected chi connectivity index (χ3v) is 6.28. The predicted molar refractivity (Wildman–Crippen MR) is 130 cm³/mol. The first-order valence-corrected chi connectivity index (χ1v) is 12.2. The van der Waals surface area contributed by atoms with Gasteiger partial charge in [-0.15, -0.1) is 5.10 Å². The van der Waals surface area contributed by atoms with Crippen molar-refractivity contribution in [3.8, 4) is 17.2 Å². The number of primary amides is 1. The van der Waals surface area contributed by atoms with E-state index in [9.17, 15) is 23.5 Å². The number of carbonyl (C=O) groups excluding carboxylic acids is 1. The van der Waals surface area contributed by atoms with Crippen molar-refractivity contribution >= 4 is 51.4 Å². The number of rotatable bonds is 10. The van der Waals surface area contributed by atoms with Gasteiger partial charge in [-0.25, -0.2) is 8.89 Å². The molecule has 0 spiro atoms. The Hall–Kier alpha value is -4.21. The van der Waals surface area contributed by atoms with E-state index >= 15 is 0 Å².